The molecular formula is C87H143N4NaO13. The van der Waals surface area contributed by atoms with Crippen LogP contribution in [0.15, 0.2) is 24.3 Å². The molecule has 10 saturated carbocycles. The van der Waals surface area contributed by atoms with Gasteiger partial charge in [-0.15, -0.1) is 0 Å². The summed E-state index contributed by atoms with van der Waals surface area (Å²) in [5, 5.41) is 43.0. The van der Waals surface area contributed by atoms with E-state index < -0.39 is 45.5 Å². The second-order valence-corrected chi connectivity index (χ2v) is 41.3. The number of ether oxygens (including phenoxy) is 1. The summed E-state index contributed by atoms with van der Waals surface area (Å²) in [7, 11) is 1.45. The molecule has 0 spiro atoms. The molecule has 0 aromatic heterocycles. The van der Waals surface area contributed by atoms with Crippen LogP contribution in [0.5, 0.6) is 0 Å². The van der Waals surface area contributed by atoms with E-state index in [2.05, 4.69) is 127 Å². The molecule has 22 atom stereocenters. The number of Topliss-reactive ketones (excluding diaryl/α,β-unsaturated/α-hetero) is 2. The van der Waals surface area contributed by atoms with E-state index in [0.29, 0.717) is 71.9 Å². The minimum absolute atomic E-state index is 0. The Labute approximate surface area is 655 Å². The summed E-state index contributed by atoms with van der Waals surface area (Å²) in [5.41, 5.74) is 1.74. The van der Waals surface area contributed by atoms with Gasteiger partial charge in [0.25, 0.3) is 0 Å². The average molecular weight is 1480 g/mol. The van der Waals surface area contributed by atoms with Crippen LogP contribution in [-0.2, 0) is 43.1 Å². The van der Waals surface area contributed by atoms with Crippen molar-refractivity contribution in [2.24, 2.45) is 154 Å². The van der Waals surface area contributed by atoms with Crippen molar-refractivity contribution >= 4 is 47.3 Å². The zero-order valence-corrected chi connectivity index (χ0v) is 71.5. The van der Waals surface area contributed by atoms with E-state index >= 15 is 0 Å². The molecule has 10 fully saturated rings. The van der Waals surface area contributed by atoms with E-state index in [1.165, 1.54) is 18.3 Å². The number of amides is 2. The maximum absolute atomic E-state index is 14.8. The maximum Gasteiger partial charge on any atom is 1.00 e. The average Bonchev–Trinajstić information content (AvgIpc) is 1.61. The fourth-order valence-corrected chi connectivity index (χ4v) is 27.9. The van der Waals surface area contributed by atoms with E-state index in [9.17, 15) is 53.7 Å². The predicted octanol–water partition coefficient (Wildman–Crippen LogP) is 15.4. The second-order valence-electron chi connectivity index (χ2n) is 41.3. The summed E-state index contributed by atoms with van der Waals surface area (Å²) in [5.74, 6) is 4.66. The number of nitrogens with zero attached hydrogens (tertiary/aromatic N) is 1. The van der Waals surface area contributed by atoms with Crippen LogP contribution >= 0.6 is 0 Å². The van der Waals surface area contributed by atoms with Crippen molar-refractivity contribution in [3.05, 3.63) is 29.9 Å². The Bertz CT molecular complexity index is 3270. The van der Waals surface area contributed by atoms with Crippen molar-refractivity contribution in [1.29, 1.82) is 0 Å². The molecule has 0 aromatic carbocycles. The number of carbonyl (C=O) groups is 8. The number of nitrogens with one attached hydrogen (secondary N) is 2. The van der Waals surface area contributed by atoms with Crippen molar-refractivity contribution in [2.75, 3.05) is 7.11 Å². The molecule has 0 heterocycles. The number of carboxylic acid groups (broad SMARTS) is 3. The number of hydrogen-bond donors (Lipinski definition) is 7. The van der Waals surface area contributed by atoms with Gasteiger partial charge >= 0.3 is 53.4 Å². The molecule has 590 valence electrons. The molecule has 0 bridgehead atoms. The molecule has 2 amide bonds. The first-order valence-corrected chi connectivity index (χ1v) is 40.7. The third-order valence-corrected chi connectivity index (χ3v) is 33.6. The number of carboxylic acids is 3. The smallest absolute Gasteiger partial charge is 0.488 e. The molecule has 18 heteroatoms. The molecule has 10 aliphatic rings. The van der Waals surface area contributed by atoms with E-state index in [1.807, 2.05) is 19.4 Å². The maximum atomic E-state index is 14.8. The van der Waals surface area contributed by atoms with Crippen molar-refractivity contribution in [1.82, 2.24) is 10.6 Å². The minimum Gasteiger partial charge on any atom is -0.488 e. The number of nitrogens with two attached hydrogens (primary N) is 1. The van der Waals surface area contributed by atoms with Crippen LogP contribution in [0, 0.1) is 148 Å². The van der Waals surface area contributed by atoms with Gasteiger partial charge < -0.3 is 47.3 Å². The van der Waals surface area contributed by atoms with Crippen LogP contribution in [0.2, 0.25) is 0 Å². The van der Waals surface area contributed by atoms with Crippen LogP contribution in [0.3, 0.4) is 0 Å². The molecule has 0 saturated heterocycles. The van der Waals surface area contributed by atoms with Crippen molar-refractivity contribution in [3.8, 4) is 0 Å². The Morgan fingerprint density at radius 1 is 0.495 bits per heavy atom. The van der Waals surface area contributed by atoms with E-state index in [1.54, 1.807) is 27.7 Å². The van der Waals surface area contributed by atoms with Crippen molar-refractivity contribution in [2.45, 2.75) is 317 Å². The Morgan fingerprint density at radius 2 is 0.838 bits per heavy atom. The molecule has 105 heavy (non-hydrogen) atoms. The summed E-state index contributed by atoms with van der Waals surface area (Å²) >= 11 is 0. The predicted molar refractivity (Wildman–Crippen MR) is 408 cm³/mol. The van der Waals surface area contributed by atoms with Crippen LogP contribution in [-0.4, -0.2) is 87.0 Å². The summed E-state index contributed by atoms with van der Waals surface area (Å²) in [6.07, 6.45) is 22.1. The number of methoxy groups -OCH3 is 1. The SMILES string of the molecule is C=C(C)[C@@H]1CC[C@]2(C(=O)C[C@@H](CC(C)C)C(=O)O)CC[C@]3(C)[C@H](CC[C@@H]4[C@@]5(C)CC[C@H](NC(=O)CC(C)(C)C(=O)O)C(C)(C)[C@@H]5CC[C@]43C)[C@@H]12.C=C(C)[C@@H]1CC[C@]2(C(=O)C[C@@H](CC(C)C)C(=O)OC)CC[C@]3(C)[C@H](CC[C@@H]4[C@@]5(C)CC[C@H](NC(=O)CC(C)(C)C(=O)O)C(C)(C)[C@@H]5CC[C@]43C)[C@@H]12.N[N-]O.[Na+]. The van der Waals surface area contributed by atoms with Gasteiger partial charge in [0.15, 0.2) is 0 Å². The Hall–Kier alpha value is -3.48. The van der Waals surface area contributed by atoms with Crippen LogP contribution < -0.4 is 46.0 Å². The minimum atomic E-state index is -1.10. The van der Waals surface area contributed by atoms with E-state index in [0.717, 1.165) is 128 Å². The molecule has 10 rings (SSSR count). The van der Waals surface area contributed by atoms with Gasteiger partial charge in [-0.1, -0.05) is 121 Å². The topological polar surface area (TPSA) is 291 Å². The Balaban J connectivity index is 0.000000280. The van der Waals surface area contributed by atoms with Crippen LogP contribution in [0.4, 0.5) is 0 Å². The largest absolute Gasteiger partial charge is 1.00 e. The standard InChI is InChI=1S/C44H71NO6.C43H69NO6.H3N2O.Na/c1-26(2)23-28(37(48)51-12)24-34(46)44-20-15-29(27(3)4)36(44)30-13-14-32-41(9)18-17-33(45-35(47)25-39(5,6)38(49)50)40(7,8)31(41)16-19-43(32,11)42(30,10)21-22-44;1-25(2)22-27(36(47)48)23-33(45)43-19-14-28(26(3)4)35(43)29-12-13-31-40(9)17-16-32(44-34(46)24-38(5,6)37(49)50)39(7,8)30(40)15-18-42(31,11)41(29,10)20-21-43;1-2-3;/h26,28-33,36H,3,13-25H2,1-2,4-12H3,(H,45,47)(H,49,50);25,27-32,35H,3,12-24H2,1-2,4-11H3,(H,44,46)(H,47,48)(H,49,50);3H,1H2;/q;;-1;+1/t28-,29+,30-,31+,32-,33+,36-,41+,42-,43-,44-;27-,28+,29-,30+,31-,32+,35-,40+,41-,42-,43-;;/m11../s1. The first-order valence-electron chi connectivity index (χ1n) is 40.7. The number of allylic oxidation sites excluding steroid dienone is 2. The first-order chi connectivity index (χ1) is 47.9. The first kappa shape index (κ1) is 88.7. The summed E-state index contributed by atoms with van der Waals surface area (Å²) in [4.78, 5) is 104. The van der Waals surface area contributed by atoms with Gasteiger partial charge in [-0.3, -0.25) is 38.4 Å². The number of rotatable bonds is 22. The fourth-order valence-electron chi connectivity index (χ4n) is 27.9. The summed E-state index contributed by atoms with van der Waals surface area (Å²) < 4.78 is 5.22. The Kier molecular flexibility index (Phi) is 27.0. The van der Waals surface area contributed by atoms with Gasteiger partial charge in [-0.2, -0.15) is 0 Å². The molecule has 0 aliphatic heterocycles. The van der Waals surface area contributed by atoms with Crippen LogP contribution in [0.25, 0.3) is 5.59 Å². The number of fused-ring (bicyclic) bond motifs is 14. The summed E-state index contributed by atoms with van der Waals surface area (Å²) in [6, 6.07) is 0.0278. The van der Waals surface area contributed by atoms with Gasteiger partial charge in [0.05, 0.1) is 29.8 Å². The molecule has 0 unspecified atom stereocenters. The number of esters is 1. The monoisotopic (exact) mass is 1480 g/mol. The third-order valence-electron chi connectivity index (χ3n) is 33.6. The molecular weight excluding hydrogens is 1330 g/mol. The number of aliphatic carboxylic acids is 3. The van der Waals surface area contributed by atoms with Gasteiger partial charge in [0.2, 0.25) is 11.8 Å². The third kappa shape index (κ3) is 15.5. The Morgan fingerprint density at radius 3 is 1.15 bits per heavy atom. The molecule has 0 radical (unpaired) electrons. The van der Waals surface area contributed by atoms with Gasteiger partial charge in [-0.05, 0) is 297 Å². The van der Waals surface area contributed by atoms with Gasteiger partial charge in [0, 0.05) is 48.6 Å². The number of hydrogen-bond acceptors (Lipinski definition) is 11. The van der Waals surface area contributed by atoms with Crippen LogP contribution in [0.1, 0.15) is 305 Å². The second kappa shape index (κ2) is 32.0. The van der Waals surface area contributed by atoms with E-state index in [4.69, 9.17) is 9.94 Å². The zero-order chi connectivity index (χ0) is 78.2. The molecule has 10 aliphatic carbocycles. The molecule has 17 nitrogen and oxygen atoms in total. The van der Waals surface area contributed by atoms with E-state index in [-0.39, 0.29) is 158 Å². The van der Waals surface area contributed by atoms with Gasteiger partial charge in [0.1, 0.15) is 11.6 Å². The van der Waals surface area contributed by atoms with Gasteiger partial charge in [-0.25, -0.2) is 0 Å². The van der Waals surface area contributed by atoms with Crippen molar-refractivity contribution < 1.29 is 93.2 Å². The van der Waals surface area contributed by atoms with Crippen molar-refractivity contribution in [3.63, 3.8) is 0 Å². The quantitative estimate of drug-likeness (QED) is 0.0174. The zero-order valence-electron chi connectivity index (χ0n) is 69.5. The normalized spacial score (nSPS) is 39.5. The fraction of sp³-hybridized carbons (Fsp3) is 0.862. The molecule has 8 N–H and O–H groups in total. The number of carbonyl (C=O) groups excluding carboxylic acids is 5. The number of ketones is 2. The molecule has 0 aromatic rings. The summed E-state index contributed by atoms with van der Waals surface area (Å²) in [6.45, 7) is 52.9.